The number of aryl methyl sites for hydroxylation is 1. The number of nitro groups is 1. The van der Waals surface area contributed by atoms with Crippen LogP contribution in [0.1, 0.15) is 28.3 Å². The highest BCUT2D eigenvalue weighted by Crippen LogP contribution is 2.39. The van der Waals surface area contributed by atoms with E-state index in [-0.39, 0.29) is 30.2 Å². The molecule has 1 aliphatic rings. The first kappa shape index (κ1) is 25.6. The van der Waals surface area contributed by atoms with Crippen molar-refractivity contribution in [2.45, 2.75) is 19.6 Å². The molecule has 190 valence electrons. The number of amides is 1. The third-order valence-electron chi connectivity index (χ3n) is 6.11. The van der Waals surface area contributed by atoms with Crippen LogP contribution in [0, 0.1) is 17.0 Å². The first-order chi connectivity index (χ1) is 17.8. The van der Waals surface area contributed by atoms with E-state index in [1.165, 1.54) is 36.3 Å². The summed E-state index contributed by atoms with van der Waals surface area (Å²) in [6.45, 7) is 2.65. The third-order valence-corrected chi connectivity index (χ3v) is 6.11. The zero-order chi connectivity index (χ0) is 26.5. The Balaban J connectivity index is 1.65. The predicted molar refractivity (Wildman–Crippen MR) is 136 cm³/mol. The number of ether oxygens (including phenoxy) is 2. The van der Waals surface area contributed by atoms with E-state index in [1.807, 2.05) is 31.2 Å². The first-order valence-electron chi connectivity index (χ1n) is 11.6. The second-order valence-corrected chi connectivity index (χ2v) is 8.64. The number of Topliss-reactive ketones (excluding diaryl/α,β-unsaturated/α-hetero) is 1. The van der Waals surface area contributed by atoms with Crippen molar-refractivity contribution in [3.8, 4) is 5.75 Å². The molecule has 4 rings (SSSR count). The van der Waals surface area contributed by atoms with E-state index < -0.39 is 22.7 Å². The van der Waals surface area contributed by atoms with Crippen LogP contribution in [0.15, 0.2) is 78.4 Å². The maximum absolute atomic E-state index is 13.0. The normalized spacial score (nSPS) is 16.7. The zero-order valence-corrected chi connectivity index (χ0v) is 20.4. The van der Waals surface area contributed by atoms with Crippen LogP contribution >= 0.6 is 0 Å². The van der Waals surface area contributed by atoms with E-state index >= 15 is 0 Å². The largest absolute Gasteiger partial charge is 0.507 e. The topological polar surface area (TPSA) is 119 Å². The minimum absolute atomic E-state index is 0.0941. The first-order valence-corrected chi connectivity index (χ1v) is 11.6. The van der Waals surface area contributed by atoms with Gasteiger partial charge in [0.2, 0.25) is 0 Å². The maximum Gasteiger partial charge on any atom is 0.295 e. The van der Waals surface area contributed by atoms with Gasteiger partial charge in [0.15, 0.2) is 0 Å². The van der Waals surface area contributed by atoms with Crippen molar-refractivity contribution >= 4 is 23.1 Å². The monoisotopic (exact) mass is 502 g/mol. The van der Waals surface area contributed by atoms with E-state index in [4.69, 9.17) is 9.47 Å². The maximum atomic E-state index is 13.0. The zero-order valence-electron chi connectivity index (χ0n) is 20.4. The Labute approximate surface area is 213 Å². The smallest absolute Gasteiger partial charge is 0.295 e. The summed E-state index contributed by atoms with van der Waals surface area (Å²) in [5.74, 6) is -1.38. The Hall–Kier alpha value is -4.50. The molecule has 0 aliphatic carbocycles. The highest BCUT2D eigenvalue weighted by Gasteiger charge is 2.45. The van der Waals surface area contributed by atoms with Gasteiger partial charge in [0.25, 0.3) is 17.4 Å². The molecule has 1 amide bonds. The van der Waals surface area contributed by atoms with Crippen LogP contribution in [0.3, 0.4) is 0 Å². The Morgan fingerprint density at radius 2 is 1.76 bits per heavy atom. The van der Waals surface area contributed by atoms with Crippen molar-refractivity contribution in [1.82, 2.24) is 4.90 Å². The lowest BCUT2D eigenvalue weighted by atomic mass is 9.95. The third kappa shape index (κ3) is 5.52. The minimum atomic E-state index is -0.923. The highest BCUT2D eigenvalue weighted by molar-refractivity contribution is 6.46. The number of methoxy groups -OCH3 is 1. The number of rotatable bonds is 9. The molecule has 0 bridgehead atoms. The van der Waals surface area contributed by atoms with Crippen molar-refractivity contribution in [3.63, 3.8) is 0 Å². The van der Waals surface area contributed by atoms with Gasteiger partial charge in [-0.2, -0.15) is 0 Å². The van der Waals surface area contributed by atoms with Gasteiger partial charge in [-0.25, -0.2) is 0 Å². The summed E-state index contributed by atoms with van der Waals surface area (Å²) >= 11 is 0. The molecule has 9 nitrogen and oxygen atoms in total. The van der Waals surface area contributed by atoms with E-state index in [0.29, 0.717) is 23.5 Å². The fourth-order valence-corrected chi connectivity index (χ4v) is 4.26. The Morgan fingerprint density at radius 1 is 1.05 bits per heavy atom. The molecule has 37 heavy (non-hydrogen) atoms. The summed E-state index contributed by atoms with van der Waals surface area (Å²) in [4.78, 5) is 37.7. The fourth-order valence-electron chi connectivity index (χ4n) is 4.26. The minimum Gasteiger partial charge on any atom is -0.507 e. The number of hydrogen-bond acceptors (Lipinski definition) is 7. The molecule has 9 heteroatoms. The van der Waals surface area contributed by atoms with Crippen LogP contribution in [0.2, 0.25) is 0 Å². The van der Waals surface area contributed by atoms with Gasteiger partial charge in [-0.3, -0.25) is 19.7 Å². The van der Waals surface area contributed by atoms with E-state index in [9.17, 15) is 24.8 Å². The van der Waals surface area contributed by atoms with Crippen LogP contribution in [-0.4, -0.2) is 46.9 Å². The molecule has 1 atom stereocenters. The summed E-state index contributed by atoms with van der Waals surface area (Å²) in [5, 5.41) is 22.2. The van der Waals surface area contributed by atoms with Gasteiger partial charge >= 0.3 is 0 Å². The van der Waals surface area contributed by atoms with Gasteiger partial charge in [0.1, 0.15) is 18.1 Å². The number of likely N-dealkylation sites (tertiary alicyclic amines) is 1. The van der Waals surface area contributed by atoms with Crippen molar-refractivity contribution in [1.29, 1.82) is 0 Å². The van der Waals surface area contributed by atoms with Gasteiger partial charge < -0.3 is 19.5 Å². The molecule has 0 radical (unpaired) electrons. The molecular formula is C28H26N2O7. The van der Waals surface area contributed by atoms with E-state index in [0.717, 1.165) is 11.1 Å². The Morgan fingerprint density at radius 3 is 2.38 bits per heavy atom. The summed E-state index contributed by atoms with van der Waals surface area (Å²) in [7, 11) is 1.47. The number of hydrogen-bond donors (Lipinski definition) is 1. The van der Waals surface area contributed by atoms with Crippen molar-refractivity contribution in [3.05, 3.63) is 111 Å². The molecule has 1 heterocycles. The molecular weight excluding hydrogens is 476 g/mol. The second-order valence-electron chi connectivity index (χ2n) is 8.64. The molecule has 0 saturated carbocycles. The second kappa shape index (κ2) is 11.0. The SMILES string of the molecule is COCCN1C(=O)C(=O)C(=C(O)c2ccc(OCc3cccc(C)c3)cc2)[C@H]1c1ccc([N+](=O)[O-])cc1. The molecule has 3 aromatic carbocycles. The molecule has 0 unspecified atom stereocenters. The number of carbonyl (C=O) groups is 2. The molecule has 0 aromatic heterocycles. The van der Waals surface area contributed by atoms with Gasteiger partial charge in [-0.05, 0) is 54.4 Å². The molecule has 1 saturated heterocycles. The molecule has 1 aliphatic heterocycles. The van der Waals surface area contributed by atoms with Gasteiger partial charge in [-0.15, -0.1) is 0 Å². The number of ketones is 1. The van der Waals surface area contributed by atoms with Crippen LogP contribution in [0.4, 0.5) is 5.69 Å². The quantitative estimate of drug-likeness (QED) is 0.150. The van der Waals surface area contributed by atoms with Crippen molar-refractivity contribution in [2.75, 3.05) is 20.3 Å². The molecule has 1 N–H and O–H groups in total. The summed E-state index contributed by atoms with van der Waals surface area (Å²) in [6.07, 6.45) is 0. The lowest BCUT2D eigenvalue weighted by Gasteiger charge is -2.25. The Kier molecular flexibility index (Phi) is 7.64. The number of non-ortho nitro benzene ring substituents is 1. The average Bonchev–Trinajstić information content (AvgIpc) is 3.15. The van der Waals surface area contributed by atoms with Crippen molar-refractivity contribution in [2.24, 2.45) is 0 Å². The number of carbonyl (C=O) groups excluding carboxylic acids is 2. The van der Waals surface area contributed by atoms with E-state index in [2.05, 4.69) is 0 Å². The summed E-state index contributed by atoms with van der Waals surface area (Å²) in [5.41, 5.74) is 2.72. The number of nitro benzene ring substituents is 1. The predicted octanol–water partition coefficient (Wildman–Crippen LogP) is 4.55. The van der Waals surface area contributed by atoms with Crippen LogP contribution < -0.4 is 4.74 Å². The lowest BCUT2D eigenvalue weighted by Crippen LogP contribution is -2.32. The Bertz CT molecular complexity index is 1350. The van der Waals surface area contributed by atoms with Crippen LogP contribution in [-0.2, 0) is 20.9 Å². The molecule has 1 fully saturated rings. The number of nitrogens with zero attached hydrogens (tertiary/aromatic N) is 2. The van der Waals surface area contributed by atoms with Gasteiger partial charge in [0.05, 0.1) is 23.1 Å². The average molecular weight is 503 g/mol. The van der Waals surface area contributed by atoms with E-state index in [1.54, 1.807) is 24.3 Å². The van der Waals surface area contributed by atoms with Gasteiger partial charge in [0, 0.05) is 31.4 Å². The molecule has 3 aromatic rings. The van der Waals surface area contributed by atoms with Crippen LogP contribution in [0.25, 0.3) is 5.76 Å². The number of aliphatic hydroxyl groups is 1. The number of benzene rings is 3. The summed E-state index contributed by atoms with van der Waals surface area (Å²) < 4.78 is 10.9. The fraction of sp³-hybridized carbons (Fsp3) is 0.214. The molecule has 0 spiro atoms. The standard InChI is InChI=1S/C28H26N2O7/c1-18-4-3-5-19(16-18)17-37-23-12-8-21(9-13-23)26(31)24-25(20-6-10-22(11-7-20)30(34)35)29(14-15-36-2)28(33)27(24)32/h3-13,16,25,31H,14-15,17H2,1-2H3/t25-/m1/s1. The number of aliphatic hydroxyl groups excluding tert-OH is 1. The van der Waals surface area contributed by atoms with Gasteiger partial charge in [-0.1, -0.05) is 29.8 Å². The highest BCUT2D eigenvalue weighted by atomic mass is 16.6. The van der Waals surface area contributed by atoms with Crippen LogP contribution in [0.5, 0.6) is 5.75 Å². The van der Waals surface area contributed by atoms with Crippen molar-refractivity contribution < 1.29 is 29.1 Å². The lowest BCUT2D eigenvalue weighted by molar-refractivity contribution is -0.384. The summed E-state index contributed by atoms with van der Waals surface area (Å²) in [6, 6.07) is 19.1.